The van der Waals surface area contributed by atoms with E-state index in [1.165, 1.54) is 5.56 Å². The summed E-state index contributed by atoms with van der Waals surface area (Å²) in [5, 5.41) is 0. The summed E-state index contributed by atoms with van der Waals surface area (Å²) in [4.78, 5) is 16.9. The third kappa shape index (κ3) is 5.37. The second kappa shape index (κ2) is 11.1. The largest absolute Gasteiger partial charge is 0.365 e. The average Bonchev–Trinajstić information content (AvgIpc) is 2.81. The minimum Gasteiger partial charge on any atom is -0.365 e. The molecule has 1 amide bonds. The summed E-state index contributed by atoms with van der Waals surface area (Å²) in [6.45, 7) is 3.14. The van der Waals surface area contributed by atoms with Gasteiger partial charge in [0.1, 0.15) is 0 Å². The highest BCUT2D eigenvalue weighted by atomic mass is 35.5. The molecule has 2 aromatic rings. The van der Waals surface area contributed by atoms with Gasteiger partial charge in [0.2, 0.25) is 5.91 Å². The maximum Gasteiger partial charge on any atom is 0.227 e. The number of rotatable bonds is 5. The van der Waals surface area contributed by atoms with Crippen LogP contribution in [-0.2, 0) is 11.3 Å². The molecule has 4 nitrogen and oxygen atoms in total. The lowest BCUT2D eigenvalue weighted by Crippen LogP contribution is -2.31. The van der Waals surface area contributed by atoms with Gasteiger partial charge < -0.3 is 15.5 Å². The van der Waals surface area contributed by atoms with Gasteiger partial charge in [-0.1, -0.05) is 42.5 Å². The molecule has 2 N–H and O–H groups in total. The number of hydrogen-bond donors (Lipinski definition) is 1. The van der Waals surface area contributed by atoms with Crippen LogP contribution in [-0.4, -0.2) is 25.5 Å². The van der Waals surface area contributed by atoms with Crippen LogP contribution in [0, 0.1) is 0 Å². The van der Waals surface area contributed by atoms with Crippen LogP contribution < -0.4 is 15.5 Å². The first kappa shape index (κ1) is 22.3. The van der Waals surface area contributed by atoms with Crippen molar-refractivity contribution in [2.24, 2.45) is 5.73 Å². The Morgan fingerprint density at radius 1 is 0.923 bits per heavy atom. The number of anilines is 2. The second-order valence-corrected chi connectivity index (χ2v) is 6.19. The van der Waals surface area contributed by atoms with E-state index in [1.807, 2.05) is 23.1 Å². The molecule has 0 radical (unpaired) electrons. The molecule has 0 bridgehead atoms. The lowest BCUT2D eigenvalue weighted by atomic mass is 10.1. The maximum atomic E-state index is 12.6. The Kier molecular flexibility index (Phi) is 9.49. The van der Waals surface area contributed by atoms with Gasteiger partial charge in [0, 0.05) is 26.1 Å². The van der Waals surface area contributed by atoms with E-state index in [9.17, 15) is 4.79 Å². The fraction of sp³-hybridized carbons (Fsp3) is 0.350. The van der Waals surface area contributed by atoms with Crippen molar-refractivity contribution in [2.75, 3.05) is 29.4 Å². The summed E-state index contributed by atoms with van der Waals surface area (Å²) in [6, 6.07) is 18.7. The molecule has 0 unspecified atom stereocenters. The molecule has 0 spiro atoms. The van der Waals surface area contributed by atoms with E-state index in [0.29, 0.717) is 13.0 Å². The number of benzene rings is 2. The van der Waals surface area contributed by atoms with Crippen molar-refractivity contribution in [3.05, 3.63) is 60.2 Å². The Balaban J connectivity index is 0.00000169. The number of para-hydroxylation sites is 2. The number of halogens is 2. The van der Waals surface area contributed by atoms with Gasteiger partial charge in [-0.2, -0.15) is 0 Å². The van der Waals surface area contributed by atoms with E-state index in [2.05, 4.69) is 41.3 Å². The van der Waals surface area contributed by atoms with E-state index in [4.69, 9.17) is 5.73 Å². The van der Waals surface area contributed by atoms with Crippen molar-refractivity contribution < 1.29 is 4.79 Å². The summed E-state index contributed by atoms with van der Waals surface area (Å²) >= 11 is 0. The molecule has 0 atom stereocenters. The summed E-state index contributed by atoms with van der Waals surface area (Å²) in [5.41, 5.74) is 9.01. The van der Waals surface area contributed by atoms with Gasteiger partial charge in [0.05, 0.1) is 11.4 Å². The Morgan fingerprint density at radius 2 is 1.58 bits per heavy atom. The first-order chi connectivity index (χ1) is 11.8. The maximum absolute atomic E-state index is 12.6. The highest BCUT2D eigenvalue weighted by molar-refractivity contribution is 5.97. The van der Waals surface area contributed by atoms with E-state index >= 15 is 0 Å². The minimum absolute atomic E-state index is 0. The van der Waals surface area contributed by atoms with E-state index in [-0.39, 0.29) is 30.7 Å². The van der Waals surface area contributed by atoms with Crippen molar-refractivity contribution >= 4 is 42.1 Å². The average molecular weight is 396 g/mol. The van der Waals surface area contributed by atoms with Crippen LogP contribution in [0.4, 0.5) is 11.4 Å². The van der Waals surface area contributed by atoms with Gasteiger partial charge in [0.15, 0.2) is 0 Å². The van der Waals surface area contributed by atoms with Crippen LogP contribution in [0.15, 0.2) is 54.6 Å². The van der Waals surface area contributed by atoms with Crippen LogP contribution in [0.1, 0.15) is 24.8 Å². The van der Waals surface area contributed by atoms with Crippen LogP contribution >= 0.6 is 24.8 Å². The van der Waals surface area contributed by atoms with E-state index in [1.54, 1.807) is 0 Å². The van der Waals surface area contributed by atoms with Gasteiger partial charge in [-0.3, -0.25) is 4.79 Å². The number of hydrogen-bond acceptors (Lipinski definition) is 3. The number of fused-ring (bicyclic) bond motifs is 1. The smallest absolute Gasteiger partial charge is 0.227 e. The molecule has 6 heteroatoms. The molecule has 1 aliphatic heterocycles. The number of amides is 1. The molecule has 142 valence electrons. The molecular weight excluding hydrogens is 369 g/mol. The van der Waals surface area contributed by atoms with Crippen molar-refractivity contribution in [2.45, 2.75) is 25.8 Å². The molecule has 3 rings (SSSR count). The lowest BCUT2D eigenvalue weighted by Gasteiger charge is -2.27. The van der Waals surface area contributed by atoms with Crippen LogP contribution in [0.3, 0.4) is 0 Å². The fourth-order valence-electron chi connectivity index (χ4n) is 3.24. The normalized spacial score (nSPS) is 13.1. The molecule has 0 aliphatic carbocycles. The van der Waals surface area contributed by atoms with Gasteiger partial charge in [0.25, 0.3) is 0 Å². The predicted octanol–water partition coefficient (Wildman–Crippen LogP) is 4.01. The molecular formula is C20H27Cl2N3O. The molecule has 0 fully saturated rings. The number of nitrogens with two attached hydrogens (primary N) is 1. The lowest BCUT2D eigenvalue weighted by molar-refractivity contribution is -0.118. The van der Waals surface area contributed by atoms with Crippen molar-refractivity contribution in [3.8, 4) is 0 Å². The monoisotopic (exact) mass is 395 g/mol. The van der Waals surface area contributed by atoms with Crippen molar-refractivity contribution in [1.82, 2.24) is 0 Å². The molecule has 2 aromatic carbocycles. The summed E-state index contributed by atoms with van der Waals surface area (Å²) < 4.78 is 0. The second-order valence-electron chi connectivity index (χ2n) is 6.19. The molecule has 1 heterocycles. The van der Waals surface area contributed by atoms with E-state index in [0.717, 1.165) is 43.9 Å². The van der Waals surface area contributed by atoms with Gasteiger partial charge in [-0.25, -0.2) is 0 Å². The third-order valence-electron chi connectivity index (χ3n) is 4.44. The highest BCUT2D eigenvalue weighted by Crippen LogP contribution is 2.33. The number of carbonyl (C=O) groups is 1. The van der Waals surface area contributed by atoms with Crippen molar-refractivity contribution in [3.63, 3.8) is 0 Å². The first-order valence-corrected chi connectivity index (χ1v) is 8.68. The fourth-order valence-corrected chi connectivity index (χ4v) is 3.24. The van der Waals surface area contributed by atoms with Gasteiger partial charge in [-0.05, 0) is 37.1 Å². The SMILES string of the molecule is Cl.Cl.NCCCC(=O)N1CCCN(Cc2ccccc2)c2ccccc21. The van der Waals surface area contributed by atoms with Crippen LogP contribution in [0.5, 0.6) is 0 Å². The summed E-state index contributed by atoms with van der Waals surface area (Å²) in [5.74, 6) is 0.175. The quantitative estimate of drug-likeness (QED) is 0.831. The minimum atomic E-state index is 0. The zero-order chi connectivity index (χ0) is 16.8. The molecule has 26 heavy (non-hydrogen) atoms. The summed E-state index contributed by atoms with van der Waals surface area (Å²) in [6.07, 6.45) is 2.23. The molecule has 1 aliphatic rings. The third-order valence-corrected chi connectivity index (χ3v) is 4.44. The van der Waals surface area contributed by atoms with Crippen LogP contribution in [0.2, 0.25) is 0 Å². The van der Waals surface area contributed by atoms with E-state index < -0.39 is 0 Å². The standard InChI is InChI=1S/C20H25N3O.2ClH/c21-13-6-12-20(24)23-15-7-14-22(16-17-8-2-1-3-9-17)18-10-4-5-11-19(18)23;;/h1-5,8-11H,6-7,12-16,21H2;2*1H. The summed E-state index contributed by atoms with van der Waals surface area (Å²) in [7, 11) is 0. The first-order valence-electron chi connectivity index (χ1n) is 8.68. The zero-order valence-corrected chi connectivity index (χ0v) is 16.5. The van der Waals surface area contributed by atoms with Gasteiger partial charge in [-0.15, -0.1) is 24.8 Å². The van der Waals surface area contributed by atoms with Gasteiger partial charge >= 0.3 is 0 Å². The molecule has 0 aromatic heterocycles. The topological polar surface area (TPSA) is 49.6 Å². The highest BCUT2D eigenvalue weighted by Gasteiger charge is 2.24. The Morgan fingerprint density at radius 3 is 2.27 bits per heavy atom. The Hall–Kier alpha value is -1.75. The van der Waals surface area contributed by atoms with Crippen LogP contribution in [0.25, 0.3) is 0 Å². The Bertz CT molecular complexity index is 682. The van der Waals surface area contributed by atoms with Crippen molar-refractivity contribution in [1.29, 1.82) is 0 Å². The molecule has 0 saturated heterocycles. The molecule has 0 saturated carbocycles. The predicted molar refractivity (Wildman–Crippen MR) is 114 cm³/mol. The zero-order valence-electron chi connectivity index (χ0n) is 14.8. The Labute approximate surface area is 168 Å². The number of nitrogens with zero attached hydrogens (tertiary/aromatic N) is 2. The number of carbonyl (C=O) groups excluding carboxylic acids is 1.